The molecule has 4 N–H and O–H groups in total. The first-order chi connectivity index (χ1) is 7.34. The smallest absolute Gasteiger partial charge is 0.273 e. The van der Waals surface area contributed by atoms with Gasteiger partial charge in [-0.3, -0.25) is 15.4 Å². The minimum atomic E-state index is -2.03. The fourth-order valence-electron chi connectivity index (χ4n) is 1.33. The van der Waals surface area contributed by atoms with Gasteiger partial charge in [0.25, 0.3) is 5.70 Å². The zero-order chi connectivity index (χ0) is 12.3. The first kappa shape index (κ1) is 12.6. The van der Waals surface area contributed by atoms with Gasteiger partial charge in [-0.2, -0.15) is 0 Å². The molecule has 0 aliphatic heterocycles. The van der Waals surface area contributed by atoms with Crippen molar-refractivity contribution in [1.82, 2.24) is 5.32 Å². The summed E-state index contributed by atoms with van der Waals surface area (Å²) in [5.41, 5.74) is 4.96. The third-order valence-electron chi connectivity index (χ3n) is 2.20. The average Bonchev–Trinajstić information content (AvgIpc) is 2.19. The summed E-state index contributed by atoms with van der Waals surface area (Å²) in [4.78, 5) is 9.88. The number of nitrogens with one attached hydrogen (secondary N) is 1. The number of rotatable bonds is 4. The molecule has 1 aliphatic rings. The Balaban J connectivity index is 2.75. The van der Waals surface area contributed by atoms with Crippen molar-refractivity contribution in [1.29, 1.82) is 0 Å². The Morgan fingerprint density at radius 1 is 1.88 bits per heavy atom. The van der Waals surface area contributed by atoms with Gasteiger partial charge in [0.1, 0.15) is 5.70 Å². The highest BCUT2D eigenvalue weighted by atomic mass is 19.1. The van der Waals surface area contributed by atoms with Crippen LogP contribution < -0.4 is 11.1 Å². The first-order valence-corrected chi connectivity index (χ1v) is 4.78. The highest BCUT2D eigenvalue weighted by Gasteiger charge is 2.36. The molecule has 7 heteroatoms. The molecule has 0 amide bonds. The fourth-order valence-corrected chi connectivity index (χ4v) is 1.33. The second-order valence-electron chi connectivity index (χ2n) is 3.76. The van der Waals surface area contributed by atoms with Crippen LogP contribution in [-0.2, 0) is 0 Å². The van der Waals surface area contributed by atoms with Crippen molar-refractivity contribution < 1.29 is 14.4 Å². The quantitative estimate of drug-likeness (QED) is 0.360. The highest BCUT2D eigenvalue weighted by molar-refractivity contribution is 5.28. The number of halogens is 1. The van der Waals surface area contributed by atoms with E-state index in [-0.39, 0.29) is 17.9 Å². The molecule has 6 nitrogen and oxygen atoms in total. The van der Waals surface area contributed by atoms with Crippen LogP contribution in [0.25, 0.3) is 0 Å². The molecule has 0 aromatic heterocycles. The van der Waals surface area contributed by atoms with Crippen LogP contribution >= 0.6 is 0 Å². The molecular formula is C9H14FN3O3. The lowest BCUT2D eigenvalue weighted by Gasteiger charge is -2.25. The largest absolute Gasteiger partial charge is 0.393 e. The van der Waals surface area contributed by atoms with Crippen molar-refractivity contribution >= 4 is 0 Å². The van der Waals surface area contributed by atoms with Gasteiger partial charge in [0.15, 0.2) is 5.79 Å². The monoisotopic (exact) mass is 231 g/mol. The molecule has 1 rings (SSSR count). The van der Waals surface area contributed by atoms with Crippen molar-refractivity contribution in [2.24, 2.45) is 5.73 Å². The van der Waals surface area contributed by atoms with Gasteiger partial charge in [-0.1, -0.05) is 0 Å². The van der Waals surface area contributed by atoms with Crippen LogP contribution in [-0.4, -0.2) is 28.5 Å². The Bertz CT molecular complexity index is 354. The molecule has 0 saturated carbocycles. The first-order valence-electron chi connectivity index (χ1n) is 4.78. The summed E-state index contributed by atoms with van der Waals surface area (Å²) in [6, 6.07) is 0. The molecule has 0 heterocycles. The van der Waals surface area contributed by atoms with E-state index in [2.05, 4.69) is 5.32 Å². The summed E-state index contributed by atoms with van der Waals surface area (Å²) in [5, 5.41) is 22.0. The van der Waals surface area contributed by atoms with Crippen molar-refractivity contribution in [3.05, 3.63) is 33.7 Å². The maximum absolute atomic E-state index is 14.0. The van der Waals surface area contributed by atoms with Gasteiger partial charge in [-0.05, 0) is 19.1 Å². The van der Waals surface area contributed by atoms with Gasteiger partial charge >= 0.3 is 0 Å². The molecule has 0 radical (unpaired) electrons. The number of nitro groups is 1. The Labute approximate surface area is 91.8 Å². The Morgan fingerprint density at radius 3 is 3.00 bits per heavy atom. The molecule has 0 bridgehead atoms. The second-order valence-corrected chi connectivity index (χ2v) is 3.76. The Hall–Kier alpha value is -1.47. The van der Waals surface area contributed by atoms with E-state index in [0.29, 0.717) is 0 Å². The third-order valence-corrected chi connectivity index (χ3v) is 2.20. The molecule has 0 spiro atoms. The normalized spacial score (nSPS) is 26.9. The van der Waals surface area contributed by atoms with Crippen LogP contribution in [0.3, 0.4) is 0 Å². The van der Waals surface area contributed by atoms with E-state index < -0.39 is 23.2 Å². The fraction of sp³-hybridized carbons (Fsp3) is 0.556. The van der Waals surface area contributed by atoms with Gasteiger partial charge < -0.3 is 10.8 Å². The maximum atomic E-state index is 14.0. The van der Waals surface area contributed by atoms with E-state index in [1.54, 1.807) is 0 Å². The zero-order valence-corrected chi connectivity index (χ0v) is 8.81. The molecule has 0 saturated heterocycles. The highest BCUT2D eigenvalue weighted by Crippen LogP contribution is 2.26. The summed E-state index contributed by atoms with van der Waals surface area (Å²) in [5.74, 6) is -2.03. The average molecular weight is 231 g/mol. The number of alkyl halides is 1. The van der Waals surface area contributed by atoms with E-state index >= 15 is 0 Å². The zero-order valence-electron chi connectivity index (χ0n) is 8.81. The summed E-state index contributed by atoms with van der Waals surface area (Å²) in [6.45, 7) is 1.49. The summed E-state index contributed by atoms with van der Waals surface area (Å²) >= 11 is 0. The van der Waals surface area contributed by atoms with E-state index in [1.807, 2.05) is 0 Å². The number of allylic oxidation sites excluding steroid dienone is 1. The van der Waals surface area contributed by atoms with Crippen LogP contribution in [0.5, 0.6) is 0 Å². The Morgan fingerprint density at radius 2 is 2.50 bits per heavy atom. The van der Waals surface area contributed by atoms with E-state index in [4.69, 9.17) is 10.8 Å². The van der Waals surface area contributed by atoms with Crippen molar-refractivity contribution in [2.75, 3.05) is 6.54 Å². The summed E-state index contributed by atoms with van der Waals surface area (Å²) < 4.78 is 14.0. The number of nitrogens with two attached hydrogens (primary N) is 1. The van der Waals surface area contributed by atoms with Gasteiger partial charge in [0.05, 0.1) is 17.4 Å². The Kier molecular flexibility index (Phi) is 3.61. The standard InChI is InChI=1S/C9H14FN3O3/c1-6(14)5-12-9(10)3-2-7(11)8(4-9)13(15)16/h2-3,6,12,14H,4-5,11H2,1H3. The molecular weight excluding hydrogens is 217 g/mol. The number of hydrogen-bond donors (Lipinski definition) is 3. The molecule has 90 valence electrons. The minimum absolute atomic E-state index is 0.00569. The van der Waals surface area contributed by atoms with E-state index in [9.17, 15) is 14.5 Å². The molecule has 0 aromatic rings. The van der Waals surface area contributed by atoms with Gasteiger partial charge in [0.2, 0.25) is 0 Å². The van der Waals surface area contributed by atoms with Gasteiger partial charge in [0, 0.05) is 6.54 Å². The van der Waals surface area contributed by atoms with Crippen LogP contribution in [0.15, 0.2) is 23.5 Å². The lowest BCUT2D eigenvalue weighted by molar-refractivity contribution is -0.431. The summed E-state index contributed by atoms with van der Waals surface area (Å²) in [7, 11) is 0. The van der Waals surface area contributed by atoms with Crippen LogP contribution in [0.1, 0.15) is 13.3 Å². The third kappa shape index (κ3) is 3.01. The number of aliphatic hydroxyl groups is 1. The van der Waals surface area contributed by atoms with Crippen molar-refractivity contribution in [2.45, 2.75) is 25.2 Å². The van der Waals surface area contributed by atoms with Gasteiger partial charge in [-0.25, -0.2) is 4.39 Å². The molecule has 0 aromatic carbocycles. The minimum Gasteiger partial charge on any atom is -0.393 e. The predicted octanol–water partition coefficient (Wildman–Crippen LogP) is 0.0295. The topological polar surface area (TPSA) is 101 Å². The summed E-state index contributed by atoms with van der Waals surface area (Å²) in [6.07, 6.45) is 1.10. The number of aliphatic hydroxyl groups excluding tert-OH is 1. The van der Waals surface area contributed by atoms with Crippen molar-refractivity contribution in [3.63, 3.8) is 0 Å². The predicted molar refractivity (Wildman–Crippen MR) is 55.5 cm³/mol. The van der Waals surface area contributed by atoms with Crippen molar-refractivity contribution in [3.8, 4) is 0 Å². The van der Waals surface area contributed by atoms with E-state index in [1.165, 1.54) is 6.92 Å². The molecule has 16 heavy (non-hydrogen) atoms. The molecule has 2 atom stereocenters. The molecule has 1 aliphatic carbocycles. The number of hydrogen-bond acceptors (Lipinski definition) is 5. The van der Waals surface area contributed by atoms with Crippen LogP contribution in [0.4, 0.5) is 4.39 Å². The molecule has 0 fully saturated rings. The lowest BCUT2D eigenvalue weighted by Crippen LogP contribution is -2.45. The van der Waals surface area contributed by atoms with Crippen LogP contribution in [0.2, 0.25) is 0 Å². The lowest BCUT2D eigenvalue weighted by atomic mass is 10.0. The maximum Gasteiger partial charge on any atom is 0.273 e. The van der Waals surface area contributed by atoms with Gasteiger partial charge in [-0.15, -0.1) is 0 Å². The van der Waals surface area contributed by atoms with Crippen LogP contribution in [0, 0.1) is 10.1 Å². The SMILES string of the molecule is CC(O)CNC1(F)C=CC(N)=C([N+](=O)[O-])C1. The van der Waals surface area contributed by atoms with E-state index in [0.717, 1.165) is 12.2 Å². The number of nitrogens with zero attached hydrogens (tertiary/aromatic N) is 1. The second kappa shape index (κ2) is 4.58. The molecule has 2 unspecified atom stereocenters.